The van der Waals surface area contributed by atoms with Gasteiger partial charge in [-0.1, -0.05) is 17.7 Å². The van der Waals surface area contributed by atoms with Crippen LogP contribution in [0.5, 0.6) is 0 Å². The number of carbonyl (C=O) groups is 1. The molecule has 2 aromatic heterocycles. The number of nitrogens with zero attached hydrogens (tertiary/aromatic N) is 3. The Morgan fingerprint density at radius 3 is 2.79 bits per heavy atom. The normalized spacial score (nSPS) is 17.2. The van der Waals surface area contributed by atoms with Crippen molar-refractivity contribution < 1.29 is 17.6 Å². The van der Waals surface area contributed by atoms with Crippen molar-refractivity contribution in [2.75, 3.05) is 6.54 Å². The van der Waals surface area contributed by atoms with Crippen molar-refractivity contribution in [3.05, 3.63) is 72.2 Å². The second-order valence-electron chi connectivity index (χ2n) is 6.72. The van der Waals surface area contributed by atoms with Crippen LogP contribution in [0.3, 0.4) is 0 Å². The number of fused-ring (bicyclic) bond motifs is 1. The van der Waals surface area contributed by atoms with Crippen molar-refractivity contribution >= 4 is 15.9 Å². The molecule has 0 saturated carbocycles. The van der Waals surface area contributed by atoms with Crippen LogP contribution in [0.25, 0.3) is 0 Å². The van der Waals surface area contributed by atoms with Crippen molar-refractivity contribution in [3.8, 4) is 0 Å². The summed E-state index contributed by atoms with van der Waals surface area (Å²) >= 11 is 0. The van der Waals surface area contributed by atoms with Gasteiger partial charge in [-0.25, -0.2) is 13.4 Å². The highest BCUT2D eigenvalue weighted by molar-refractivity contribution is 7.89. The highest BCUT2D eigenvalue weighted by atomic mass is 32.2. The highest BCUT2D eigenvalue weighted by Gasteiger charge is 2.36. The zero-order valence-corrected chi connectivity index (χ0v) is 16.1. The summed E-state index contributed by atoms with van der Waals surface area (Å²) in [6.07, 6.45) is 4.68. The van der Waals surface area contributed by atoms with Crippen molar-refractivity contribution in [1.82, 2.24) is 19.2 Å². The van der Waals surface area contributed by atoms with Gasteiger partial charge in [-0.15, -0.1) is 0 Å². The minimum Gasteiger partial charge on any atom is -0.467 e. The lowest BCUT2D eigenvalue weighted by Gasteiger charge is -2.32. The third kappa shape index (κ3) is 3.46. The van der Waals surface area contributed by atoms with Gasteiger partial charge in [0, 0.05) is 12.7 Å². The highest BCUT2D eigenvalue weighted by Crippen LogP contribution is 2.27. The molecule has 28 heavy (non-hydrogen) atoms. The van der Waals surface area contributed by atoms with Gasteiger partial charge in [0.15, 0.2) is 0 Å². The van der Waals surface area contributed by atoms with E-state index in [0.29, 0.717) is 11.5 Å². The van der Waals surface area contributed by atoms with E-state index in [1.807, 2.05) is 6.92 Å². The molecule has 8 nitrogen and oxygen atoms in total. The molecule has 1 aromatic carbocycles. The quantitative estimate of drug-likeness (QED) is 0.705. The van der Waals surface area contributed by atoms with Gasteiger partial charge in [-0.05, 0) is 31.2 Å². The van der Waals surface area contributed by atoms with E-state index >= 15 is 0 Å². The number of carbonyl (C=O) groups excluding carboxylic acids is 1. The van der Waals surface area contributed by atoms with Gasteiger partial charge >= 0.3 is 0 Å². The third-order valence-electron chi connectivity index (χ3n) is 4.78. The zero-order valence-electron chi connectivity index (χ0n) is 15.3. The number of sulfonamides is 1. The Morgan fingerprint density at radius 1 is 1.29 bits per heavy atom. The SMILES string of the molecule is Cc1ccc(S(=O)(=O)N2Cc3cncn3[C@@H](C(=O)NCc3ccco3)C2)cc1. The van der Waals surface area contributed by atoms with E-state index in [0.717, 1.165) is 5.56 Å². The first kappa shape index (κ1) is 18.5. The molecule has 9 heteroatoms. The van der Waals surface area contributed by atoms with E-state index in [2.05, 4.69) is 10.3 Å². The second kappa shape index (κ2) is 7.25. The molecule has 1 aliphatic heterocycles. The van der Waals surface area contributed by atoms with Gasteiger partial charge in [0.1, 0.15) is 11.8 Å². The van der Waals surface area contributed by atoms with E-state index < -0.39 is 16.1 Å². The Hall–Kier alpha value is -2.91. The maximum atomic E-state index is 13.1. The second-order valence-corrected chi connectivity index (χ2v) is 8.65. The first-order valence-electron chi connectivity index (χ1n) is 8.83. The molecule has 146 valence electrons. The number of nitrogens with one attached hydrogen (secondary N) is 1. The minimum absolute atomic E-state index is 0.0313. The summed E-state index contributed by atoms with van der Waals surface area (Å²) in [5.74, 6) is 0.332. The largest absolute Gasteiger partial charge is 0.467 e. The zero-order chi connectivity index (χ0) is 19.7. The maximum absolute atomic E-state index is 13.1. The predicted molar refractivity (Wildman–Crippen MR) is 101 cm³/mol. The first-order valence-corrected chi connectivity index (χ1v) is 10.3. The molecule has 3 heterocycles. The number of hydrogen-bond donors (Lipinski definition) is 1. The Morgan fingerprint density at radius 2 is 2.07 bits per heavy atom. The molecule has 0 saturated heterocycles. The lowest BCUT2D eigenvalue weighted by Crippen LogP contribution is -2.46. The summed E-state index contributed by atoms with van der Waals surface area (Å²) in [5.41, 5.74) is 1.64. The number of benzene rings is 1. The number of aryl methyl sites for hydroxylation is 1. The molecule has 4 rings (SSSR count). The number of furan rings is 1. The predicted octanol–water partition coefficient (Wildman–Crippen LogP) is 1.85. The van der Waals surface area contributed by atoms with E-state index in [1.54, 1.807) is 53.5 Å². The fourth-order valence-corrected chi connectivity index (χ4v) is 4.64. The maximum Gasteiger partial charge on any atom is 0.244 e. The van der Waals surface area contributed by atoms with Crippen LogP contribution in [-0.4, -0.2) is 34.7 Å². The van der Waals surface area contributed by atoms with Gasteiger partial charge in [-0.3, -0.25) is 4.79 Å². The van der Waals surface area contributed by atoms with Gasteiger partial charge in [0.25, 0.3) is 0 Å². The summed E-state index contributed by atoms with van der Waals surface area (Å²) in [4.78, 5) is 17.1. The summed E-state index contributed by atoms with van der Waals surface area (Å²) in [5, 5.41) is 2.80. The smallest absolute Gasteiger partial charge is 0.244 e. The van der Waals surface area contributed by atoms with E-state index in [4.69, 9.17) is 4.42 Å². The Bertz CT molecular complexity index is 1070. The van der Waals surface area contributed by atoms with Crippen molar-refractivity contribution in [2.45, 2.75) is 31.0 Å². The number of rotatable bonds is 5. The van der Waals surface area contributed by atoms with Crippen LogP contribution < -0.4 is 5.32 Å². The van der Waals surface area contributed by atoms with Gasteiger partial charge in [-0.2, -0.15) is 4.31 Å². The number of amides is 1. The number of aromatic nitrogens is 2. The van der Waals surface area contributed by atoms with Crippen molar-refractivity contribution in [1.29, 1.82) is 0 Å². The molecular weight excluding hydrogens is 380 g/mol. The van der Waals surface area contributed by atoms with Gasteiger partial charge < -0.3 is 14.3 Å². The minimum atomic E-state index is -3.73. The fraction of sp³-hybridized carbons (Fsp3) is 0.263. The number of imidazole rings is 1. The molecule has 3 aromatic rings. The Kier molecular flexibility index (Phi) is 4.78. The monoisotopic (exact) mass is 400 g/mol. The molecule has 0 aliphatic carbocycles. The fourth-order valence-electron chi connectivity index (χ4n) is 3.22. The molecule has 0 fully saturated rings. The molecule has 1 aliphatic rings. The molecule has 0 bridgehead atoms. The molecule has 1 N–H and O–H groups in total. The van der Waals surface area contributed by atoms with E-state index in [-0.39, 0.29) is 30.4 Å². The molecule has 0 radical (unpaired) electrons. The van der Waals surface area contributed by atoms with Crippen molar-refractivity contribution in [3.63, 3.8) is 0 Å². The van der Waals surface area contributed by atoms with E-state index in [9.17, 15) is 13.2 Å². The third-order valence-corrected chi connectivity index (χ3v) is 6.60. The summed E-state index contributed by atoms with van der Waals surface area (Å²) in [6, 6.07) is 9.49. The van der Waals surface area contributed by atoms with Gasteiger partial charge in [0.2, 0.25) is 15.9 Å². The number of hydrogen-bond acceptors (Lipinski definition) is 5. The standard InChI is InChI=1S/C19H20N4O4S/c1-14-4-6-17(7-5-14)28(25,26)22-11-15-9-20-13-23(15)18(12-22)19(24)21-10-16-3-2-8-27-16/h2-9,13,18H,10-12H2,1H3,(H,21,24)/t18-/m1/s1. The summed E-state index contributed by atoms with van der Waals surface area (Å²) in [7, 11) is -3.73. The first-order chi connectivity index (χ1) is 13.4. The summed E-state index contributed by atoms with van der Waals surface area (Å²) < 4.78 is 34.5. The van der Waals surface area contributed by atoms with E-state index in [1.165, 1.54) is 10.6 Å². The van der Waals surface area contributed by atoms with Crippen LogP contribution in [0, 0.1) is 6.92 Å². The molecular formula is C19H20N4O4S. The molecule has 0 unspecified atom stereocenters. The Labute approximate surface area is 162 Å². The van der Waals surface area contributed by atoms with Crippen LogP contribution in [0.1, 0.15) is 23.1 Å². The molecule has 1 atom stereocenters. The van der Waals surface area contributed by atoms with Crippen LogP contribution in [0.15, 0.2) is 64.5 Å². The summed E-state index contributed by atoms with van der Waals surface area (Å²) in [6.45, 7) is 2.33. The Balaban J connectivity index is 1.58. The lowest BCUT2D eigenvalue weighted by atomic mass is 10.2. The van der Waals surface area contributed by atoms with Crippen LogP contribution in [0.4, 0.5) is 0 Å². The average Bonchev–Trinajstić information content (AvgIpc) is 3.37. The molecule has 0 spiro atoms. The topological polar surface area (TPSA) is 97.4 Å². The van der Waals surface area contributed by atoms with Crippen molar-refractivity contribution in [2.24, 2.45) is 0 Å². The van der Waals surface area contributed by atoms with Crippen LogP contribution >= 0.6 is 0 Å². The van der Waals surface area contributed by atoms with Crippen LogP contribution in [0.2, 0.25) is 0 Å². The van der Waals surface area contributed by atoms with Gasteiger partial charge in [0.05, 0.1) is 36.3 Å². The molecule has 1 amide bonds. The van der Waals surface area contributed by atoms with Crippen LogP contribution in [-0.2, 0) is 27.9 Å². The lowest BCUT2D eigenvalue weighted by molar-refractivity contribution is -0.125. The average molecular weight is 400 g/mol.